The summed E-state index contributed by atoms with van der Waals surface area (Å²) in [7, 11) is 0. The highest BCUT2D eigenvalue weighted by molar-refractivity contribution is 6.31. The lowest BCUT2D eigenvalue weighted by molar-refractivity contribution is -0.384. The Morgan fingerprint density at radius 1 is 1.53 bits per heavy atom. The maximum Gasteiger partial charge on any atom is 0.320 e. The third-order valence-electron chi connectivity index (χ3n) is 2.69. The van der Waals surface area contributed by atoms with Crippen LogP contribution in [-0.4, -0.2) is 22.0 Å². The lowest BCUT2D eigenvalue weighted by Crippen LogP contribution is -2.40. The van der Waals surface area contributed by atoms with Gasteiger partial charge in [-0.15, -0.1) is 0 Å². The molecule has 7 heteroatoms. The molecule has 1 atom stereocenters. The Bertz CT molecular complexity index is 491. The molecule has 0 spiro atoms. The second kappa shape index (κ2) is 6.49. The van der Waals surface area contributed by atoms with Crippen LogP contribution in [0.3, 0.4) is 0 Å². The zero-order valence-corrected chi connectivity index (χ0v) is 11.3. The fourth-order valence-corrected chi connectivity index (χ4v) is 1.86. The molecule has 1 rings (SSSR count). The first-order valence-corrected chi connectivity index (χ1v) is 6.09. The molecule has 19 heavy (non-hydrogen) atoms. The number of carbonyl (C=O) groups is 1. The molecular formula is C12H15ClN2O4. The fraction of sp³-hybridized carbons (Fsp3) is 0.417. The van der Waals surface area contributed by atoms with Gasteiger partial charge in [-0.2, -0.15) is 0 Å². The SMILES string of the molecule is CC(C)C(NCc1ccc([N+](=O)[O-])cc1Cl)C(=O)O. The number of rotatable bonds is 6. The summed E-state index contributed by atoms with van der Waals surface area (Å²) in [4.78, 5) is 21.0. The number of nitro benzene ring substituents is 1. The van der Waals surface area contributed by atoms with Gasteiger partial charge in [0.1, 0.15) is 6.04 Å². The Balaban J connectivity index is 2.78. The van der Waals surface area contributed by atoms with E-state index in [-0.39, 0.29) is 23.2 Å². The van der Waals surface area contributed by atoms with E-state index in [0.717, 1.165) is 0 Å². The van der Waals surface area contributed by atoms with Gasteiger partial charge in [-0.1, -0.05) is 25.4 Å². The lowest BCUT2D eigenvalue weighted by atomic mass is 10.0. The summed E-state index contributed by atoms with van der Waals surface area (Å²) >= 11 is 5.92. The first kappa shape index (κ1) is 15.4. The number of halogens is 1. The Morgan fingerprint density at radius 2 is 2.16 bits per heavy atom. The van der Waals surface area contributed by atoms with Crippen LogP contribution >= 0.6 is 11.6 Å². The summed E-state index contributed by atoms with van der Waals surface area (Å²) < 4.78 is 0. The summed E-state index contributed by atoms with van der Waals surface area (Å²) in [5.41, 5.74) is 0.534. The second-order valence-corrected chi connectivity index (χ2v) is 4.88. The van der Waals surface area contributed by atoms with Gasteiger partial charge in [0, 0.05) is 18.7 Å². The van der Waals surface area contributed by atoms with E-state index in [1.54, 1.807) is 13.8 Å². The molecule has 1 aromatic rings. The highest BCUT2D eigenvalue weighted by Crippen LogP contribution is 2.22. The summed E-state index contributed by atoms with van der Waals surface area (Å²) in [6, 6.07) is 3.43. The molecule has 104 valence electrons. The van der Waals surface area contributed by atoms with Crippen molar-refractivity contribution in [3.8, 4) is 0 Å². The number of carboxylic acids is 1. The molecule has 0 aromatic heterocycles. The van der Waals surface area contributed by atoms with Crippen LogP contribution in [0.5, 0.6) is 0 Å². The maximum absolute atomic E-state index is 11.0. The highest BCUT2D eigenvalue weighted by atomic mass is 35.5. The Hall–Kier alpha value is -1.66. The van der Waals surface area contributed by atoms with E-state index in [2.05, 4.69) is 5.32 Å². The van der Waals surface area contributed by atoms with Crippen molar-refractivity contribution in [1.29, 1.82) is 0 Å². The standard InChI is InChI=1S/C12H15ClN2O4/c1-7(2)11(12(16)17)14-6-8-3-4-9(15(18)19)5-10(8)13/h3-5,7,11,14H,6H2,1-2H3,(H,16,17). The molecule has 0 aliphatic rings. The van der Waals surface area contributed by atoms with Crippen molar-refractivity contribution in [2.45, 2.75) is 26.4 Å². The van der Waals surface area contributed by atoms with E-state index in [0.29, 0.717) is 5.56 Å². The number of nitro groups is 1. The first-order chi connectivity index (χ1) is 8.82. The van der Waals surface area contributed by atoms with E-state index in [9.17, 15) is 14.9 Å². The van der Waals surface area contributed by atoms with Crippen molar-refractivity contribution in [2.24, 2.45) is 5.92 Å². The van der Waals surface area contributed by atoms with E-state index >= 15 is 0 Å². The second-order valence-electron chi connectivity index (χ2n) is 4.47. The number of nitrogens with one attached hydrogen (secondary N) is 1. The zero-order chi connectivity index (χ0) is 14.6. The number of hydrogen-bond donors (Lipinski definition) is 2. The zero-order valence-electron chi connectivity index (χ0n) is 10.6. The van der Waals surface area contributed by atoms with Crippen LogP contribution in [0.1, 0.15) is 19.4 Å². The number of hydrogen-bond acceptors (Lipinski definition) is 4. The quantitative estimate of drug-likeness (QED) is 0.619. The van der Waals surface area contributed by atoms with Crippen LogP contribution in [-0.2, 0) is 11.3 Å². The third-order valence-corrected chi connectivity index (χ3v) is 3.04. The van der Waals surface area contributed by atoms with Crippen LogP contribution in [0, 0.1) is 16.0 Å². The molecule has 0 amide bonds. The lowest BCUT2D eigenvalue weighted by Gasteiger charge is -2.18. The molecule has 0 aliphatic carbocycles. The smallest absolute Gasteiger partial charge is 0.320 e. The topological polar surface area (TPSA) is 92.5 Å². The average molecular weight is 287 g/mol. The van der Waals surface area contributed by atoms with Gasteiger partial charge in [-0.05, 0) is 17.5 Å². The van der Waals surface area contributed by atoms with Gasteiger partial charge in [0.25, 0.3) is 5.69 Å². The van der Waals surface area contributed by atoms with E-state index < -0.39 is 16.9 Å². The largest absolute Gasteiger partial charge is 0.480 e. The molecule has 0 saturated carbocycles. The van der Waals surface area contributed by atoms with Crippen molar-refractivity contribution in [3.05, 3.63) is 38.9 Å². The van der Waals surface area contributed by atoms with Crippen molar-refractivity contribution in [3.63, 3.8) is 0 Å². The van der Waals surface area contributed by atoms with Gasteiger partial charge in [0.15, 0.2) is 0 Å². The number of nitrogens with zero attached hydrogens (tertiary/aromatic N) is 1. The normalized spacial score (nSPS) is 12.4. The minimum Gasteiger partial charge on any atom is -0.480 e. The predicted molar refractivity (Wildman–Crippen MR) is 71.2 cm³/mol. The van der Waals surface area contributed by atoms with Gasteiger partial charge in [-0.3, -0.25) is 14.9 Å². The molecule has 6 nitrogen and oxygen atoms in total. The fourth-order valence-electron chi connectivity index (χ4n) is 1.62. The van der Waals surface area contributed by atoms with Crippen LogP contribution < -0.4 is 5.32 Å². The van der Waals surface area contributed by atoms with Crippen molar-refractivity contribution in [2.75, 3.05) is 0 Å². The molecular weight excluding hydrogens is 272 g/mol. The maximum atomic E-state index is 11.0. The Labute approximate surface area is 115 Å². The summed E-state index contributed by atoms with van der Waals surface area (Å²) in [6.07, 6.45) is 0. The molecule has 2 N–H and O–H groups in total. The molecule has 1 unspecified atom stereocenters. The van der Waals surface area contributed by atoms with E-state index in [4.69, 9.17) is 16.7 Å². The van der Waals surface area contributed by atoms with Crippen molar-refractivity contribution >= 4 is 23.3 Å². The number of non-ortho nitro benzene ring substituents is 1. The molecule has 0 aliphatic heterocycles. The molecule has 0 fully saturated rings. The van der Waals surface area contributed by atoms with Gasteiger partial charge in [-0.25, -0.2) is 0 Å². The van der Waals surface area contributed by atoms with E-state index in [1.165, 1.54) is 18.2 Å². The van der Waals surface area contributed by atoms with Crippen LogP contribution in [0.15, 0.2) is 18.2 Å². The third kappa shape index (κ3) is 4.18. The van der Waals surface area contributed by atoms with Crippen LogP contribution in [0.2, 0.25) is 5.02 Å². The Kier molecular flexibility index (Phi) is 5.26. The molecule has 0 heterocycles. The number of aliphatic carboxylic acids is 1. The van der Waals surface area contributed by atoms with Gasteiger partial charge < -0.3 is 10.4 Å². The summed E-state index contributed by atoms with van der Waals surface area (Å²) in [6.45, 7) is 3.83. The average Bonchev–Trinajstić information content (AvgIpc) is 2.29. The minimum atomic E-state index is -0.937. The van der Waals surface area contributed by atoms with Crippen molar-refractivity contribution < 1.29 is 14.8 Å². The Morgan fingerprint density at radius 3 is 2.58 bits per heavy atom. The first-order valence-electron chi connectivity index (χ1n) is 5.72. The van der Waals surface area contributed by atoms with Crippen molar-refractivity contribution in [1.82, 2.24) is 5.32 Å². The number of benzene rings is 1. The molecule has 0 saturated heterocycles. The predicted octanol–water partition coefficient (Wildman–Crippen LogP) is 2.45. The number of carboxylic acid groups (broad SMARTS) is 1. The molecule has 0 bridgehead atoms. The van der Waals surface area contributed by atoms with E-state index in [1.807, 2.05) is 0 Å². The summed E-state index contributed by atoms with van der Waals surface area (Å²) in [5.74, 6) is -1.01. The highest BCUT2D eigenvalue weighted by Gasteiger charge is 2.21. The molecule has 1 aromatic carbocycles. The molecule has 0 radical (unpaired) electrons. The minimum absolute atomic E-state index is 0.0747. The van der Waals surface area contributed by atoms with Gasteiger partial charge in [0.05, 0.1) is 9.95 Å². The summed E-state index contributed by atoms with van der Waals surface area (Å²) in [5, 5.41) is 22.7. The van der Waals surface area contributed by atoms with Crippen LogP contribution in [0.4, 0.5) is 5.69 Å². The van der Waals surface area contributed by atoms with Gasteiger partial charge in [0.2, 0.25) is 0 Å². The van der Waals surface area contributed by atoms with Gasteiger partial charge >= 0.3 is 5.97 Å². The monoisotopic (exact) mass is 286 g/mol. The van der Waals surface area contributed by atoms with Crippen LogP contribution in [0.25, 0.3) is 0 Å².